The quantitative estimate of drug-likeness (QED) is 0.801. The molecule has 3 rings (SSSR count). The summed E-state index contributed by atoms with van der Waals surface area (Å²) in [5, 5.41) is 4.47. The third-order valence-electron chi connectivity index (χ3n) is 3.69. The lowest BCUT2D eigenvalue weighted by atomic mass is 9.95. The Bertz CT molecular complexity index is 620. The number of ether oxygens (including phenoxy) is 1. The van der Waals surface area contributed by atoms with Gasteiger partial charge >= 0.3 is 5.97 Å². The number of carbonyl (C=O) groups excluding carboxylic acids is 1. The first-order valence-electron chi connectivity index (χ1n) is 6.85. The standard InChI is InChI=1S/C15H17N3O2/c1-20-15(19)14-12-6-2-3-7-13(12)18(17-14)10-11-5-4-8-16-9-11/h4-5,8-9H,2-3,6-7,10H2,1H3. The summed E-state index contributed by atoms with van der Waals surface area (Å²) in [7, 11) is 1.40. The molecule has 2 aromatic rings. The van der Waals surface area contributed by atoms with E-state index < -0.39 is 0 Å². The molecule has 5 nitrogen and oxygen atoms in total. The number of methoxy groups -OCH3 is 1. The molecule has 0 spiro atoms. The molecule has 0 aliphatic heterocycles. The smallest absolute Gasteiger partial charge is 0.358 e. The highest BCUT2D eigenvalue weighted by molar-refractivity contribution is 5.89. The van der Waals surface area contributed by atoms with E-state index >= 15 is 0 Å². The van der Waals surface area contributed by atoms with E-state index in [1.54, 1.807) is 6.20 Å². The van der Waals surface area contributed by atoms with Crippen LogP contribution in [0.4, 0.5) is 0 Å². The summed E-state index contributed by atoms with van der Waals surface area (Å²) in [4.78, 5) is 16.0. The van der Waals surface area contributed by atoms with E-state index in [4.69, 9.17) is 4.74 Å². The zero-order chi connectivity index (χ0) is 13.9. The van der Waals surface area contributed by atoms with Crippen LogP contribution in [-0.2, 0) is 24.1 Å². The van der Waals surface area contributed by atoms with Crippen molar-refractivity contribution in [3.8, 4) is 0 Å². The van der Waals surface area contributed by atoms with E-state index in [0.29, 0.717) is 12.2 Å². The molecule has 0 unspecified atom stereocenters. The highest BCUT2D eigenvalue weighted by atomic mass is 16.5. The number of pyridine rings is 1. The summed E-state index contributed by atoms with van der Waals surface area (Å²) in [5.74, 6) is -0.340. The lowest BCUT2D eigenvalue weighted by molar-refractivity contribution is 0.0591. The van der Waals surface area contributed by atoms with Crippen LogP contribution < -0.4 is 0 Å². The van der Waals surface area contributed by atoms with Crippen LogP contribution >= 0.6 is 0 Å². The Labute approximate surface area is 117 Å². The number of hydrogen-bond donors (Lipinski definition) is 0. The predicted molar refractivity (Wildman–Crippen MR) is 73.5 cm³/mol. The van der Waals surface area contributed by atoms with Gasteiger partial charge in [-0.05, 0) is 37.3 Å². The van der Waals surface area contributed by atoms with Crippen LogP contribution in [0.15, 0.2) is 24.5 Å². The number of hydrogen-bond acceptors (Lipinski definition) is 4. The van der Waals surface area contributed by atoms with E-state index in [-0.39, 0.29) is 5.97 Å². The van der Waals surface area contributed by atoms with Crippen LogP contribution in [-0.4, -0.2) is 27.8 Å². The fraction of sp³-hybridized carbons (Fsp3) is 0.400. The Balaban J connectivity index is 1.98. The molecule has 0 aromatic carbocycles. The van der Waals surface area contributed by atoms with Gasteiger partial charge in [-0.3, -0.25) is 9.67 Å². The van der Waals surface area contributed by atoms with Crippen LogP contribution in [0.2, 0.25) is 0 Å². The van der Waals surface area contributed by atoms with Crippen LogP contribution in [0.1, 0.15) is 40.2 Å². The van der Waals surface area contributed by atoms with Crippen molar-refractivity contribution in [3.05, 3.63) is 47.0 Å². The molecule has 0 fully saturated rings. The Morgan fingerprint density at radius 3 is 3.00 bits per heavy atom. The molecular weight excluding hydrogens is 254 g/mol. The van der Waals surface area contributed by atoms with Gasteiger partial charge in [-0.1, -0.05) is 6.07 Å². The Hall–Kier alpha value is -2.17. The second-order valence-electron chi connectivity index (χ2n) is 4.99. The maximum absolute atomic E-state index is 11.8. The number of esters is 1. The Kier molecular flexibility index (Phi) is 3.50. The molecule has 0 radical (unpaired) electrons. The lowest BCUT2D eigenvalue weighted by Crippen LogP contribution is -2.10. The van der Waals surface area contributed by atoms with E-state index in [2.05, 4.69) is 10.1 Å². The van der Waals surface area contributed by atoms with Crippen LogP contribution in [0, 0.1) is 0 Å². The third kappa shape index (κ3) is 2.31. The van der Waals surface area contributed by atoms with Crippen molar-refractivity contribution in [3.63, 3.8) is 0 Å². The first kappa shape index (κ1) is 12.8. The summed E-state index contributed by atoms with van der Waals surface area (Å²) in [6.45, 7) is 0.646. The number of rotatable bonds is 3. The molecule has 0 saturated heterocycles. The number of aromatic nitrogens is 3. The average molecular weight is 271 g/mol. The summed E-state index contributed by atoms with van der Waals surface area (Å²) in [6, 6.07) is 3.92. The topological polar surface area (TPSA) is 57.0 Å². The van der Waals surface area contributed by atoms with Crippen molar-refractivity contribution in [2.45, 2.75) is 32.2 Å². The summed E-state index contributed by atoms with van der Waals surface area (Å²) >= 11 is 0. The van der Waals surface area contributed by atoms with Crippen molar-refractivity contribution in [1.82, 2.24) is 14.8 Å². The lowest BCUT2D eigenvalue weighted by Gasteiger charge is -2.14. The predicted octanol–water partition coefficient (Wildman–Crippen LogP) is 1.99. The maximum Gasteiger partial charge on any atom is 0.358 e. The van der Waals surface area contributed by atoms with Crippen molar-refractivity contribution >= 4 is 5.97 Å². The summed E-state index contributed by atoms with van der Waals surface area (Å²) < 4.78 is 6.77. The molecule has 2 heterocycles. The maximum atomic E-state index is 11.8. The fourth-order valence-electron chi connectivity index (χ4n) is 2.73. The van der Waals surface area contributed by atoms with Crippen LogP contribution in [0.5, 0.6) is 0 Å². The van der Waals surface area contributed by atoms with Crippen LogP contribution in [0.3, 0.4) is 0 Å². The number of nitrogens with zero attached hydrogens (tertiary/aromatic N) is 3. The molecule has 20 heavy (non-hydrogen) atoms. The van der Waals surface area contributed by atoms with Gasteiger partial charge in [0, 0.05) is 23.7 Å². The largest absolute Gasteiger partial charge is 0.464 e. The van der Waals surface area contributed by atoms with Crippen LogP contribution in [0.25, 0.3) is 0 Å². The van der Waals surface area contributed by atoms with Gasteiger partial charge in [0.2, 0.25) is 0 Å². The molecule has 2 aromatic heterocycles. The van der Waals surface area contributed by atoms with Crippen molar-refractivity contribution < 1.29 is 9.53 Å². The molecule has 1 aliphatic rings. The fourth-order valence-corrected chi connectivity index (χ4v) is 2.73. The van der Waals surface area contributed by atoms with Gasteiger partial charge in [0.25, 0.3) is 0 Å². The first-order valence-corrected chi connectivity index (χ1v) is 6.85. The monoisotopic (exact) mass is 271 g/mol. The van der Waals surface area contributed by atoms with E-state index in [1.807, 2.05) is 23.0 Å². The molecule has 0 atom stereocenters. The Morgan fingerprint density at radius 1 is 1.40 bits per heavy atom. The van der Waals surface area contributed by atoms with E-state index in [1.165, 1.54) is 12.8 Å². The van der Waals surface area contributed by atoms with Gasteiger partial charge in [0.05, 0.1) is 13.7 Å². The van der Waals surface area contributed by atoms with E-state index in [0.717, 1.165) is 36.8 Å². The van der Waals surface area contributed by atoms with Crippen molar-refractivity contribution in [2.75, 3.05) is 7.11 Å². The number of fused-ring (bicyclic) bond motifs is 1. The molecule has 0 bridgehead atoms. The van der Waals surface area contributed by atoms with Gasteiger partial charge in [-0.2, -0.15) is 5.10 Å². The summed E-state index contributed by atoms with van der Waals surface area (Å²) in [6.07, 6.45) is 7.71. The zero-order valence-corrected chi connectivity index (χ0v) is 11.5. The van der Waals surface area contributed by atoms with Gasteiger partial charge in [0.1, 0.15) is 0 Å². The van der Waals surface area contributed by atoms with Crippen molar-refractivity contribution in [1.29, 1.82) is 0 Å². The van der Waals surface area contributed by atoms with Crippen molar-refractivity contribution in [2.24, 2.45) is 0 Å². The minimum atomic E-state index is -0.340. The minimum Gasteiger partial charge on any atom is -0.464 e. The Morgan fingerprint density at radius 2 is 2.25 bits per heavy atom. The van der Waals surface area contributed by atoms with Gasteiger partial charge < -0.3 is 4.74 Å². The zero-order valence-electron chi connectivity index (χ0n) is 11.5. The third-order valence-corrected chi connectivity index (χ3v) is 3.69. The molecule has 0 amide bonds. The first-order chi connectivity index (χ1) is 9.79. The molecule has 0 saturated carbocycles. The second-order valence-corrected chi connectivity index (χ2v) is 4.99. The number of carbonyl (C=O) groups is 1. The normalized spacial score (nSPS) is 13.8. The molecular formula is C15H17N3O2. The molecule has 1 aliphatic carbocycles. The van der Waals surface area contributed by atoms with E-state index in [9.17, 15) is 4.79 Å². The molecule has 104 valence electrons. The second kappa shape index (κ2) is 5.45. The molecule has 5 heteroatoms. The molecule has 0 N–H and O–H groups in total. The summed E-state index contributed by atoms with van der Waals surface area (Å²) in [5.41, 5.74) is 3.79. The van der Waals surface area contributed by atoms with Gasteiger partial charge in [0.15, 0.2) is 5.69 Å². The minimum absolute atomic E-state index is 0.340. The highest BCUT2D eigenvalue weighted by Gasteiger charge is 2.25. The SMILES string of the molecule is COC(=O)c1nn(Cc2cccnc2)c2c1CCCC2. The van der Waals surface area contributed by atoms with Gasteiger partial charge in [-0.15, -0.1) is 0 Å². The average Bonchev–Trinajstić information content (AvgIpc) is 2.87. The highest BCUT2D eigenvalue weighted by Crippen LogP contribution is 2.25. The van der Waals surface area contributed by atoms with Gasteiger partial charge in [-0.25, -0.2) is 4.79 Å².